The number of carbonyl (C=O) groups excluding carboxylic acids is 1. The van der Waals surface area contributed by atoms with E-state index in [1.165, 1.54) is 54.7 Å². The predicted octanol–water partition coefficient (Wildman–Crippen LogP) is 3.74. The van der Waals surface area contributed by atoms with Crippen LogP contribution in [0.1, 0.15) is 20.8 Å². The molecule has 32 heavy (non-hydrogen) atoms. The van der Waals surface area contributed by atoms with Gasteiger partial charge in [-0.15, -0.1) is 0 Å². The minimum Gasteiger partial charge on any atom is -0.478 e. The summed E-state index contributed by atoms with van der Waals surface area (Å²) >= 11 is 6.07. The fraction of sp³-hybridized carbons (Fsp3) is 0.0476. The molecule has 162 valence electrons. The standard InChI is InChI=1S/C21H15ClFN5O4/c1-32-28-10-25-17(11-2-5-13(23)6-3-11)18(28)19-24-9-16(26-19)20(29)27-15-7-4-12(21(30)31)8-14(15)22/h2-10H,1H3,(H,24,26)(H,27,29)(H,30,31). The number of H-pyrrole nitrogens is 1. The fourth-order valence-corrected chi connectivity index (χ4v) is 3.23. The van der Waals surface area contributed by atoms with Crippen molar-refractivity contribution in [2.45, 2.75) is 0 Å². The van der Waals surface area contributed by atoms with Crippen LogP contribution in [0.25, 0.3) is 22.8 Å². The zero-order valence-electron chi connectivity index (χ0n) is 16.5. The maximum atomic E-state index is 13.3. The number of aromatic nitrogens is 4. The Morgan fingerprint density at radius 2 is 1.94 bits per heavy atom. The smallest absolute Gasteiger partial charge is 0.335 e. The quantitative estimate of drug-likeness (QED) is 0.407. The number of nitrogens with one attached hydrogen (secondary N) is 2. The highest BCUT2D eigenvalue weighted by atomic mass is 35.5. The average molecular weight is 456 g/mol. The highest BCUT2D eigenvalue weighted by molar-refractivity contribution is 6.34. The molecule has 0 aliphatic rings. The van der Waals surface area contributed by atoms with Crippen molar-refractivity contribution in [1.82, 2.24) is 19.7 Å². The van der Waals surface area contributed by atoms with Crippen LogP contribution in [0, 0.1) is 5.82 Å². The van der Waals surface area contributed by atoms with Gasteiger partial charge in [0.1, 0.15) is 30.6 Å². The zero-order chi connectivity index (χ0) is 22.8. The molecule has 0 atom stereocenters. The van der Waals surface area contributed by atoms with E-state index in [1.807, 2.05) is 0 Å². The number of imidazole rings is 2. The third-order valence-electron chi connectivity index (χ3n) is 4.56. The first-order valence-electron chi connectivity index (χ1n) is 9.14. The van der Waals surface area contributed by atoms with Crippen LogP contribution < -0.4 is 10.2 Å². The summed E-state index contributed by atoms with van der Waals surface area (Å²) in [7, 11) is 1.44. The second-order valence-electron chi connectivity index (χ2n) is 6.56. The molecule has 0 fully saturated rings. The van der Waals surface area contributed by atoms with Gasteiger partial charge in [0.05, 0.1) is 22.5 Å². The van der Waals surface area contributed by atoms with Crippen LogP contribution in [0.5, 0.6) is 0 Å². The molecule has 0 unspecified atom stereocenters. The Morgan fingerprint density at radius 3 is 2.59 bits per heavy atom. The number of aromatic amines is 1. The van der Waals surface area contributed by atoms with Gasteiger partial charge < -0.3 is 20.2 Å². The number of carbonyl (C=O) groups is 2. The largest absolute Gasteiger partial charge is 0.478 e. The Kier molecular flexibility index (Phi) is 5.61. The molecule has 0 saturated carbocycles. The first-order chi connectivity index (χ1) is 15.4. The van der Waals surface area contributed by atoms with E-state index < -0.39 is 11.9 Å². The van der Waals surface area contributed by atoms with Crippen molar-refractivity contribution >= 4 is 29.2 Å². The van der Waals surface area contributed by atoms with Crippen LogP contribution in [-0.4, -0.2) is 43.8 Å². The Labute approximate surface area is 185 Å². The third kappa shape index (κ3) is 4.03. The van der Waals surface area contributed by atoms with Crippen molar-refractivity contribution in [3.8, 4) is 22.8 Å². The number of carboxylic acid groups (broad SMARTS) is 1. The summed E-state index contributed by atoms with van der Waals surface area (Å²) in [6.45, 7) is 0. The van der Waals surface area contributed by atoms with Gasteiger partial charge in [-0.25, -0.2) is 19.2 Å². The summed E-state index contributed by atoms with van der Waals surface area (Å²) < 4.78 is 14.7. The average Bonchev–Trinajstić information content (AvgIpc) is 3.42. The summed E-state index contributed by atoms with van der Waals surface area (Å²) in [6.07, 6.45) is 2.76. The molecule has 0 aliphatic carbocycles. The van der Waals surface area contributed by atoms with Crippen molar-refractivity contribution in [2.24, 2.45) is 0 Å². The van der Waals surface area contributed by atoms with Crippen molar-refractivity contribution in [3.63, 3.8) is 0 Å². The predicted molar refractivity (Wildman–Crippen MR) is 114 cm³/mol. The number of amides is 1. The van der Waals surface area contributed by atoms with Crippen molar-refractivity contribution in [2.75, 3.05) is 12.4 Å². The Morgan fingerprint density at radius 1 is 1.19 bits per heavy atom. The Hall–Kier alpha value is -4.18. The highest BCUT2D eigenvalue weighted by Crippen LogP contribution is 2.29. The molecule has 1 amide bonds. The van der Waals surface area contributed by atoms with Crippen LogP contribution in [0.3, 0.4) is 0 Å². The van der Waals surface area contributed by atoms with Gasteiger partial charge in [0.25, 0.3) is 5.91 Å². The molecule has 2 heterocycles. The van der Waals surface area contributed by atoms with Gasteiger partial charge in [0, 0.05) is 5.56 Å². The molecule has 2 aromatic heterocycles. The van der Waals surface area contributed by atoms with Gasteiger partial charge in [-0.1, -0.05) is 11.6 Å². The van der Waals surface area contributed by atoms with Gasteiger partial charge in [-0.2, -0.15) is 4.73 Å². The maximum absolute atomic E-state index is 13.3. The van der Waals surface area contributed by atoms with Crippen LogP contribution in [0.2, 0.25) is 5.02 Å². The first-order valence-corrected chi connectivity index (χ1v) is 9.52. The molecule has 2 aromatic carbocycles. The lowest BCUT2D eigenvalue weighted by atomic mass is 10.1. The lowest BCUT2D eigenvalue weighted by molar-refractivity contribution is 0.0696. The number of anilines is 1. The molecular formula is C21H15ClFN5O4. The van der Waals surface area contributed by atoms with Crippen molar-refractivity contribution in [1.29, 1.82) is 0 Å². The van der Waals surface area contributed by atoms with E-state index in [9.17, 15) is 14.0 Å². The maximum Gasteiger partial charge on any atom is 0.335 e. The molecule has 0 spiro atoms. The highest BCUT2D eigenvalue weighted by Gasteiger charge is 2.21. The summed E-state index contributed by atoms with van der Waals surface area (Å²) in [5.41, 5.74) is 1.89. The number of nitrogens with zero attached hydrogens (tertiary/aromatic N) is 3. The molecule has 9 nitrogen and oxygen atoms in total. The van der Waals surface area contributed by atoms with Crippen molar-refractivity contribution < 1.29 is 23.9 Å². The topological polar surface area (TPSA) is 122 Å². The normalized spacial score (nSPS) is 10.7. The second-order valence-corrected chi connectivity index (χ2v) is 6.96. The molecule has 11 heteroatoms. The number of halogens is 2. The number of benzene rings is 2. The zero-order valence-corrected chi connectivity index (χ0v) is 17.2. The van der Waals surface area contributed by atoms with Gasteiger partial charge >= 0.3 is 5.97 Å². The molecule has 3 N–H and O–H groups in total. The van der Waals surface area contributed by atoms with E-state index in [0.29, 0.717) is 22.8 Å². The van der Waals surface area contributed by atoms with Gasteiger partial charge in [-0.3, -0.25) is 4.79 Å². The monoisotopic (exact) mass is 455 g/mol. The lowest BCUT2D eigenvalue weighted by Gasteiger charge is -2.07. The second kappa shape index (κ2) is 8.52. The molecule has 0 radical (unpaired) electrons. The molecule has 0 saturated heterocycles. The van der Waals surface area contributed by atoms with E-state index in [2.05, 4.69) is 20.3 Å². The number of hydrogen-bond acceptors (Lipinski definition) is 5. The van der Waals surface area contributed by atoms with Crippen LogP contribution >= 0.6 is 11.6 Å². The summed E-state index contributed by atoms with van der Waals surface area (Å²) in [4.78, 5) is 40.4. The van der Waals surface area contributed by atoms with Crippen LogP contribution in [0.15, 0.2) is 55.0 Å². The van der Waals surface area contributed by atoms with Crippen LogP contribution in [-0.2, 0) is 0 Å². The molecule has 4 aromatic rings. The molecule has 0 bridgehead atoms. The molecule has 0 aliphatic heterocycles. The summed E-state index contributed by atoms with van der Waals surface area (Å²) in [6, 6.07) is 9.73. The molecular weight excluding hydrogens is 441 g/mol. The summed E-state index contributed by atoms with van der Waals surface area (Å²) in [5, 5.41) is 11.7. The SMILES string of the molecule is COn1cnc(-c2ccc(F)cc2)c1-c1ncc(C(=O)Nc2ccc(C(=O)O)cc2Cl)[nH]1. The lowest BCUT2D eigenvalue weighted by Crippen LogP contribution is -2.13. The van der Waals surface area contributed by atoms with Crippen LogP contribution in [0.4, 0.5) is 10.1 Å². The Balaban J connectivity index is 1.63. The van der Waals surface area contributed by atoms with Gasteiger partial charge in [0.15, 0.2) is 11.5 Å². The van der Waals surface area contributed by atoms with Crippen molar-refractivity contribution in [3.05, 3.63) is 77.1 Å². The van der Waals surface area contributed by atoms with E-state index in [-0.39, 0.29) is 27.8 Å². The number of aromatic carboxylic acids is 1. The Bertz CT molecular complexity index is 1320. The number of hydrogen-bond donors (Lipinski definition) is 3. The van der Waals surface area contributed by atoms with E-state index >= 15 is 0 Å². The van der Waals surface area contributed by atoms with E-state index in [1.54, 1.807) is 12.1 Å². The van der Waals surface area contributed by atoms with E-state index in [4.69, 9.17) is 21.5 Å². The minimum absolute atomic E-state index is 0.00187. The fourth-order valence-electron chi connectivity index (χ4n) is 3.00. The van der Waals surface area contributed by atoms with Gasteiger partial charge in [0.2, 0.25) is 0 Å². The number of rotatable bonds is 6. The summed E-state index contributed by atoms with van der Waals surface area (Å²) in [5.74, 6) is -1.76. The number of carboxylic acids is 1. The first kappa shape index (κ1) is 21.1. The molecule has 4 rings (SSSR count). The minimum atomic E-state index is -1.13. The third-order valence-corrected chi connectivity index (χ3v) is 4.87. The van der Waals surface area contributed by atoms with E-state index in [0.717, 1.165) is 0 Å². The van der Waals surface area contributed by atoms with Gasteiger partial charge in [-0.05, 0) is 42.5 Å².